The fourth-order valence-electron chi connectivity index (χ4n) is 3.01. The average Bonchev–Trinajstić information content (AvgIpc) is 3.04. The largest absolute Gasteiger partial charge is 0.464 e. The van der Waals surface area contributed by atoms with Crippen LogP contribution in [0.2, 0.25) is 0 Å². The maximum Gasteiger partial charge on any atom is 0.246 e. The molecule has 132 valence electrons. The van der Waals surface area contributed by atoms with Crippen molar-refractivity contribution in [2.75, 3.05) is 26.2 Å². The number of carbonyl (C=O) groups is 2. The highest BCUT2D eigenvalue weighted by atomic mass is 16.5. The van der Waals surface area contributed by atoms with E-state index < -0.39 is 0 Å². The van der Waals surface area contributed by atoms with Crippen molar-refractivity contribution < 1.29 is 18.7 Å². The van der Waals surface area contributed by atoms with E-state index in [-0.39, 0.29) is 24.3 Å². The van der Waals surface area contributed by atoms with Gasteiger partial charge in [-0.15, -0.1) is 0 Å². The lowest BCUT2D eigenvalue weighted by atomic mass is 10.1. The molecule has 1 fully saturated rings. The summed E-state index contributed by atoms with van der Waals surface area (Å²) >= 11 is 0. The fourth-order valence-corrected chi connectivity index (χ4v) is 3.01. The van der Waals surface area contributed by atoms with Gasteiger partial charge in [-0.1, -0.05) is 24.8 Å². The van der Waals surface area contributed by atoms with Gasteiger partial charge in [-0.2, -0.15) is 0 Å². The third kappa shape index (κ3) is 4.28. The first-order chi connectivity index (χ1) is 12.2. The summed E-state index contributed by atoms with van der Waals surface area (Å²) in [6.07, 6.45) is 3.70. The number of furan rings is 1. The summed E-state index contributed by atoms with van der Waals surface area (Å²) in [7, 11) is 0. The lowest BCUT2D eigenvalue weighted by molar-refractivity contribution is -0.137. The normalized spacial score (nSPS) is 17.4. The van der Waals surface area contributed by atoms with Crippen LogP contribution in [-0.4, -0.2) is 49.1 Å². The van der Waals surface area contributed by atoms with Gasteiger partial charge in [0.15, 0.2) is 0 Å². The standard InChI is InChI=1S/C19H22N2O4/c1-2-19(23)21-9-10-24-15(12-21)11-18(22)20-8-7-14-13-25-17-6-4-3-5-16(14)17/h2-6,13,15H,1,7-12H2,(H,20,22)/t15-/m1/s1. The van der Waals surface area contributed by atoms with Crippen LogP contribution in [0.5, 0.6) is 0 Å². The summed E-state index contributed by atoms with van der Waals surface area (Å²) in [6, 6.07) is 7.84. The minimum absolute atomic E-state index is 0.0781. The lowest BCUT2D eigenvalue weighted by Crippen LogP contribution is -2.46. The van der Waals surface area contributed by atoms with Crippen molar-refractivity contribution in [2.45, 2.75) is 18.9 Å². The van der Waals surface area contributed by atoms with E-state index >= 15 is 0 Å². The van der Waals surface area contributed by atoms with Gasteiger partial charge in [-0.05, 0) is 24.1 Å². The quantitative estimate of drug-likeness (QED) is 0.814. The second-order valence-electron chi connectivity index (χ2n) is 6.04. The first-order valence-electron chi connectivity index (χ1n) is 8.42. The highest BCUT2D eigenvalue weighted by Crippen LogP contribution is 2.20. The smallest absolute Gasteiger partial charge is 0.246 e. The van der Waals surface area contributed by atoms with Gasteiger partial charge in [-0.25, -0.2) is 0 Å². The topological polar surface area (TPSA) is 71.8 Å². The van der Waals surface area contributed by atoms with E-state index in [0.717, 1.165) is 16.5 Å². The van der Waals surface area contributed by atoms with Gasteiger partial charge in [0.05, 0.1) is 25.4 Å². The maximum atomic E-state index is 12.1. The molecule has 0 spiro atoms. The number of hydrogen-bond donors (Lipinski definition) is 1. The Morgan fingerprint density at radius 1 is 1.36 bits per heavy atom. The van der Waals surface area contributed by atoms with Crippen molar-refractivity contribution in [2.24, 2.45) is 0 Å². The Hall–Kier alpha value is -2.60. The molecule has 1 aromatic carbocycles. The first kappa shape index (κ1) is 17.2. The van der Waals surface area contributed by atoms with Gasteiger partial charge in [0.1, 0.15) is 5.58 Å². The van der Waals surface area contributed by atoms with Crippen molar-refractivity contribution in [1.82, 2.24) is 10.2 Å². The molecule has 1 aliphatic rings. The number of fused-ring (bicyclic) bond motifs is 1. The second kappa shape index (κ2) is 7.98. The molecular weight excluding hydrogens is 320 g/mol. The number of ether oxygens (including phenoxy) is 1. The van der Waals surface area contributed by atoms with E-state index in [1.54, 1.807) is 11.2 Å². The summed E-state index contributed by atoms with van der Waals surface area (Å²) in [4.78, 5) is 25.4. The molecule has 0 bridgehead atoms. The van der Waals surface area contributed by atoms with Gasteiger partial charge in [0, 0.05) is 25.0 Å². The van der Waals surface area contributed by atoms with E-state index in [0.29, 0.717) is 32.7 Å². The van der Waals surface area contributed by atoms with E-state index in [1.807, 2.05) is 24.3 Å². The first-order valence-corrected chi connectivity index (χ1v) is 8.42. The maximum absolute atomic E-state index is 12.1. The second-order valence-corrected chi connectivity index (χ2v) is 6.04. The summed E-state index contributed by atoms with van der Waals surface area (Å²) in [6.45, 7) is 5.42. The van der Waals surface area contributed by atoms with Crippen LogP contribution in [0.4, 0.5) is 0 Å². The van der Waals surface area contributed by atoms with Crippen LogP contribution in [-0.2, 0) is 20.7 Å². The van der Waals surface area contributed by atoms with Gasteiger partial charge in [0.25, 0.3) is 0 Å². The molecule has 1 saturated heterocycles. The van der Waals surface area contributed by atoms with Crippen molar-refractivity contribution >= 4 is 22.8 Å². The van der Waals surface area contributed by atoms with Crippen LogP contribution in [0.25, 0.3) is 11.0 Å². The minimum Gasteiger partial charge on any atom is -0.464 e. The van der Waals surface area contributed by atoms with E-state index in [1.165, 1.54) is 6.08 Å². The predicted molar refractivity (Wildman–Crippen MR) is 94.1 cm³/mol. The van der Waals surface area contributed by atoms with Crippen molar-refractivity contribution in [3.05, 3.63) is 48.7 Å². The zero-order valence-corrected chi connectivity index (χ0v) is 14.1. The zero-order chi connectivity index (χ0) is 17.6. The number of hydrogen-bond acceptors (Lipinski definition) is 4. The third-order valence-corrected chi connectivity index (χ3v) is 4.32. The number of morpholine rings is 1. The molecule has 1 aliphatic heterocycles. The van der Waals surface area contributed by atoms with Gasteiger partial charge in [-0.3, -0.25) is 9.59 Å². The summed E-state index contributed by atoms with van der Waals surface area (Å²) < 4.78 is 11.1. The molecule has 3 rings (SSSR count). The van der Waals surface area contributed by atoms with Gasteiger partial charge >= 0.3 is 0 Å². The Morgan fingerprint density at radius 3 is 3.04 bits per heavy atom. The number of nitrogens with zero attached hydrogens (tertiary/aromatic N) is 1. The molecule has 6 nitrogen and oxygen atoms in total. The van der Waals surface area contributed by atoms with Crippen molar-refractivity contribution in [3.63, 3.8) is 0 Å². The molecule has 0 saturated carbocycles. The Labute approximate surface area is 146 Å². The molecular formula is C19H22N2O4. The van der Waals surface area contributed by atoms with Crippen LogP contribution >= 0.6 is 0 Å². The Bertz CT molecular complexity index is 768. The minimum atomic E-state index is -0.271. The molecule has 2 heterocycles. The number of nitrogens with one attached hydrogen (secondary N) is 1. The Morgan fingerprint density at radius 2 is 2.20 bits per heavy atom. The average molecular weight is 342 g/mol. The number of amides is 2. The number of para-hydroxylation sites is 1. The molecule has 0 radical (unpaired) electrons. The molecule has 2 amide bonds. The number of carbonyl (C=O) groups excluding carboxylic acids is 2. The fraction of sp³-hybridized carbons (Fsp3) is 0.368. The zero-order valence-electron chi connectivity index (χ0n) is 14.1. The molecule has 0 unspecified atom stereocenters. The summed E-state index contributed by atoms with van der Waals surface area (Å²) in [5.41, 5.74) is 1.93. The van der Waals surface area contributed by atoms with Crippen LogP contribution in [0.1, 0.15) is 12.0 Å². The van der Waals surface area contributed by atoms with Crippen LogP contribution in [0.15, 0.2) is 47.6 Å². The van der Waals surface area contributed by atoms with Crippen molar-refractivity contribution in [3.8, 4) is 0 Å². The lowest BCUT2D eigenvalue weighted by Gasteiger charge is -2.32. The van der Waals surface area contributed by atoms with Gasteiger partial charge < -0.3 is 19.4 Å². The van der Waals surface area contributed by atoms with E-state index in [2.05, 4.69) is 11.9 Å². The molecule has 6 heteroatoms. The molecule has 0 aliphatic carbocycles. The third-order valence-electron chi connectivity index (χ3n) is 4.32. The van der Waals surface area contributed by atoms with Crippen LogP contribution < -0.4 is 5.32 Å². The molecule has 1 aromatic heterocycles. The van der Waals surface area contributed by atoms with Crippen molar-refractivity contribution in [1.29, 1.82) is 0 Å². The van der Waals surface area contributed by atoms with Crippen LogP contribution in [0, 0.1) is 0 Å². The van der Waals surface area contributed by atoms with E-state index in [9.17, 15) is 9.59 Å². The highest BCUT2D eigenvalue weighted by Gasteiger charge is 2.24. The van der Waals surface area contributed by atoms with Gasteiger partial charge in [0.2, 0.25) is 11.8 Å². The number of benzene rings is 1. The monoisotopic (exact) mass is 342 g/mol. The summed E-state index contributed by atoms with van der Waals surface area (Å²) in [5.74, 6) is -0.203. The molecule has 25 heavy (non-hydrogen) atoms. The highest BCUT2D eigenvalue weighted by molar-refractivity contribution is 5.87. The van der Waals surface area contributed by atoms with Crippen LogP contribution in [0.3, 0.4) is 0 Å². The molecule has 1 atom stereocenters. The number of rotatable bonds is 6. The molecule has 1 N–H and O–H groups in total. The Balaban J connectivity index is 1.45. The Kier molecular flexibility index (Phi) is 5.50. The SMILES string of the molecule is C=CC(=O)N1CCO[C@H](CC(=O)NCCc2coc3ccccc23)C1. The summed E-state index contributed by atoms with van der Waals surface area (Å²) in [5, 5.41) is 3.98. The van der Waals surface area contributed by atoms with E-state index in [4.69, 9.17) is 9.15 Å². The molecule has 2 aromatic rings. The predicted octanol–water partition coefficient (Wildman–Crippen LogP) is 1.89.